The fourth-order valence-corrected chi connectivity index (χ4v) is 1.74. The highest BCUT2D eigenvalue weighted by molar-refractivity contribution is 5.94. The molecule has 7 nitrogen and oxygen atoms in total. The van der Waals surface area contributed by atoms with E-state index in [-0.39, 0.29) is 11.7 Å². The molecular formula is C13H16N4O3. The van der Waals surface area contributed by atoms with E-state index in [0.717, 1.165) is 12.2 Å². The van der Waals surface area contributed by atoms with E-state index in [1.165, 1.54) is 19.5 Å². The summed E-state index contributed by atoms with van der Waals surface area (Å²) < 4.78 is 4.92. The molecular weight excluding hydrogens is 260 g/mol. The standard InChI is InChI=1S/C13H16N4O3/c1-20-11-5-4-9(7-10(11)18)13(19)14-6-2-3-12-15-8-16-17-12/h4-5,7-8,18H,2-3,6H2,1H3,(H,14,19)(H,15,16,17). The van der Waals surface area contributed by atoms with Crippen LogP contribution in [0.15, 0.2) is 24.5 Å². The van der Waals surface area contributed by atoms with Gasteiger partial charge in [-0.1, -0.05) is 0 Å². The number of aromatic hydroxyl groups is 1. The topological polar surface area (TPSA) is 100 Å². The third-order valence-electron chi connectivity index (χ3n) is 2.78. The first-order valence-corrected chi connectivity index (χ1v) is 6.20. The molecule has 0 saturated carbocycles. The molecule has 106 valence electrons. The molecule has 1 heterocycles. The Morgan fingerprint density at radius 2 is 2.35 bits per heavy atom. The van der Waals surface area contributed by atoms with Gasteiger partial charge in [0.05, 0.1) is 7.11 Å². The number of benzene rings is 1. The van der Waals surface area contributed by atoms with Crippen molar-refractivity contribution in [3.05, 3.63) is 35.9 Å². The molecule has 0 fully saturated rings. The van der Waals surface area contributed by atoms with Crippen LogP contribution in [0.2, 0.25) is 0 Å². The van der Waals surface area contributed by atoms with Crippen molar-refractivity contribution in [1.82, 2.24) is 20.5 Å². The van der Waals surface area contributed by atoms with Crippen LogP contribution in [0.1, 0.15) is 22.6 Å². The van der Waals surface area contributed by atoms with Gasteiger partial charge in [-0.3, -0.25) is 9.89 Å². The van der Waals surface area contributed by atoms with Crippen LogP contribution in [0.4, 0.5) is 0 Å². The first-order valence-electron chi connectivity index (χ1n) is 6.20. The number of methoxy groups -OCH3 is 1. The lowest BCUT2D eigenvalue weighted by molar-refractivity contribution is 0.0952. The van der Waals surface area contributed by atoms with E-state index in [1.807, 2.05) is 0 Å². The van der Waals surface area contributed by atoms with Gasteiger partial charge in [0.1, 0.15) is 12.2 Å². The number of aromatic nitrogens is 3. The summed E-state index contributed by atoms with van der Waals surface area (Å²) in [6.07, 6.45) is 2.92. The van der Waals surface area contributed by atoms with Crippen molar-refractivity contribution in [2.75, 3.05) is 13.7 Å². The molecule has 0 unspecified atom stereocenters. The summed E-state index contributed by atoms with van der Waals surface area (Å²) in [6.45, 7) is 0.520. The van der Waals surface area contributed by atoms with Gasteiger partial charge in [0, 0.05) is 18.5 Å². The van der Waals surface area contributed by atoms with Gasteiger partial charge in [0.25, 0.3) is 5.91 Å². The highest BCUT2D eigenvalue weighted by Gasteiger charge is 2.09. The van der Waals surface area contributed by atoms with Crippen LogP contribution in [0.3, 0.4) is 0 Å². The summed E-state index contributed by atoms with van der Waals surface area (Å²) >= 11 is 0. The summed E-state index contributed by atoms with van der Waals surface area (Å²) in [5.74, 6) is 0.843. The van der Waals surface area contributed by atoms with Crippen molar-refractivity contribution < 1.29 is 14.6 Å². The Bertz CT molecular complexity index is 569. The lowest BCUT2D eigenvalue weighted by Crippen LogP contribution is -2.24. The number of nitrogens with one attached hydrogen (secondary N) is 2. The van der Waals surface area contributed by atoms with E-state index in [9.17, 15) is 9.90 Å². The van der Waals surface area contributed by atoms with Gasteiger partial charge in [0.15, 0.2) is 11.5 Å². The fourth-order valence-electron chi connectivity index (χ4n) is 1.74. The summed E-state index contributed by atoms with van der Waals surface area (Å²) in [5, 5.41) is 18.9. The van der Waals surface area contributed by atoms with Gasteiger partial charge in [0.2, 0.25) is 0 Å². The third-order valence-corrected chi connectivity index (χ3v) is 2.78. The molecule has 2 rings (SSSR count). The minimum absolute atomic E-state index is 0.0539. The van der Waals surface area contributed by atoms with Crippen molar-refractivity contribution in [1.29, 1.82) is 0 Å². The molecule has 7 heteroatoms. The smallest absolute Gasteiger partial charge is 0.251 e. The molecule has 0 radical (unpaired) electrons. The lowest BCUT2D eigenvalue weighted by atomic mass is 10.2. The average molecular weight is 276 g/mol. The van der Waals surface area contributed by atoms with Gasteiger partial charge in [-0.05, 0) is 24.6 Å². The molecule has 0 atom stereocenters. The number of carbonyl (C=O) groups excluding carboxylic acids is 1. The van der Waals surface area contributed by atoms with Gasteiger partial charge < -0.3 is 15.2 Å². The van der Waals surface area contributed by atoms with Gasteiger partial charge in [-0.2, -0.15) is 5.10 Å². The summed E-state index contributed by atoms with van der Waals surface area (Å²) in [6, 6.07) is 4.54. The second kappa shape index (κ2) is 6.55. The summed E-state index contributed by atoms with van der Waals surface area (Å²) in [4.78, 5) is 15.9. The number of hydrogen-bond donors (Lipinski definition) is 3. The van der Waals surface area contributed by atoms with E-state index in [1.54, 1.807) is 12.1 Å². The number of ether oxygens (including phenoxy) is 1. The highest BCUT2D eigenvalue weighted by Crippen LogP contribution is 2.25. The van der Waals surface area contributed by atoms with Crippen molar-refractivity contribution in [3.8, 4) is 11.5 Å². The second-order valence-electron chi connectivity index (χ2n) is 4.18. The van der Waals surface area contributed by atoms with Crippen LogP contribution in [-0.2, 0) is 6.42 Å². The first-order chi connectivity index (χ1) is 9.70. The number of H-pyrrole nitrogens is 1. The Labute approximate surface area is 116 Å². The Balaban J connectivity index is 1.81. The molecule has 0 aliphatic heterocycles. The number of amides is 1. The molecule has 0 saturated heterocycles. The molecule has 1 aromatic heterocycles. The van der Waals surface area contributed by atoms with Crippen LogP contribution >= 0.6 is 0 Å². The Morgan fingerprint density at radius 1 is 1.50 bits per heavy atom. The number of aryl methyl sites for hydroxylation is 1. The molecule has 20 heavy (non-hydrogen) atoms. The molecule has 1 aromatic carbocycles. The molecule has 0 aliphatic carbocycles. The van der Waals surface area contributed by atoms with Crippen LogP contribution in [0.5, 0.6) is 11.5 Å². The second-order valence-corrected chi connectivity index (χ2v) is 4.18. The average Bonchev–Trinajstić information content (AvgIpc) is 2.96. The van der Waals surface area contributed by atoms with E-state index in [4.69, 9.17) is 4.74 Å². The third kappa shape index (κ3) is 3.47. The molecule has 0 bridgehead atoms. The zero-order chi connectivity index (χ0) is 14.4. The first kappa shape index (κ1) is 13.9. The Morgan fingerprint density at radius 3 is 3.00 bits per heavy atom. The maximum absolute atomic E-state index is 11.9. The van der Waals surface area contributed by atoms with Crippen LogP contribution < -0.4 is 10.1 Å². The maximum atomic E-state index is 11.9. The van der Waals surface area contributed by atoms with Crippen LogP contribution in [0, 0.1) is 0 Å². The maximum Gasteiger partial charge on any atom is 0.251 e. The highest BCUT2D eigenvalue weighted by atomic mass is 16.5. The Hall–Kier alpha value is -2.57. The summed E-state index contributed by atoms with van der Waals surface area (Å²) in [5.41, 5.74) is 0.392. The molecule has 1 amide bonds. The number of carbonyl (C=O) groups is 1. The largest absolute Gasteiger partial charge is 0.504 e. The lowest BCUT2D eigenvalue weighted by Gasteiger charge is -2.07. The van der Waals surface area contributed by atoms with E-state index < -0.39 is 0 Å². The van der Waals surface area contributed by atoms with Crippen molar-refractivity contribution in [2.24, 2.45) is 0 Å². The zero-order valence-corrected chi connectivity index (χ0v) is 11.1. The quantitative estimate of drug-likeness (QED) is 0.680. The number of phenols is 1. The number of phenolic OH excluding ortho intramolecular Hbond substituents is 1. The summed E-state index contributed by atoms with van der Waals surface area (Å²) in [7, 11) is 1.46. The van der Waals surface area contributed by atoms with Gasteiger partial charge >= 0.3 is 0 Å². The van der Waals surface area contributed by atoms with Gasteiger partial charge in [-0.25, -0.2) is 4.98 Å². The van der Waals surface area contributed by atoms with Crippen molar-refractivity contribution in [3.63, 3.8) is 0 Å². The van der Waals surface area contributed by atoms with E-state index >= 15 is 0 Å². The number of aromatic amines is 1. The van der Waals surface area contributed by atoms with Crippen LogP contribution in [0.25, 0.3) is 0 Å². The van der Waals surface area contributed by atoms with E-state index in [0.29, 0.717) is 24.3 Å². The van der Waals surface area contributed by atoms with Gasteiger partial charge in [-0.15, -0.1) is 0 Å². The minimum Gasteiger partial charge on any atom is -0.504 e. The normalized spacial score (nSPS) is 10.2. The Kier molecular flexibility index (Phi) is 4.54. The number of rotatable bonds is 6. The number of nitrogens with zero attached hydrogens (tertiary/aromatic N) is 2. The molecule has 3 N–H and O–H groups in total. The van der Waals surface area contributed by atoms with E-state index in [2.05, 4.69) is 20.5 Å². The zero-order valence-electron chi connectivity index (χ0n) is 11.1. The molecule has 0 aliphatic rings. The SMILES string of the molecule is COc1ccc(C(=O)NCCCc2ncn[nH]2)cc1O. The predicted octanol–water partition coefficient (Wildman–Crippen LogP) is 0.881. The predicted molar refractivity (Wildman–Crippen MR) is 71.7 cm³/mol. The van der Waals surface area contributed by atoms with Crippen molar-refractivity contribution >= 4 is 5.91 Å². The van der Waals surface area contributed by atoms with Crippen LogP contribution in [-0.4, -0.2) is 39.8 Å². The number of hydrogen-bond acceptors (Lipinski definition) is 5. The molecule has 2 aromatic rings. The minimum atomic E-state index is -0.236. The fraction of sp³-hybridized carbons (Fsp3) is 0.308. The monoisotopic (exact) mass is 276 g/mol. The van der Waals surface area contributed by atoms with Crippen molar-refractivity contribution in [2.45, 2.75) is 12.8 Å². The molecule has 0 spiro atoms.